The highest BCUT2D eigenvalue weighted by atomic mass is 127. The number of carbonyl (C=O) groups excluding carboxylic acids is 1. The normalized spacial score (nSPS) is 25.4. The summed E-state index contributed by atoms with van der Waals surface area (Å²) in [5, 5.41) is 13.9. The number of nitrogens with one attached hydrogen (secondary N) is 1. The van der Waals surface area contributed by atoms with Crippen molar-refractivity contribution in [3.05, 3.63) is 37.4 Å². The molecule has 0 radical (unpaired) electrons. The Kier molecular flexibility index (Phi) is 5.18. The van der Waals surface area contributed by atoms with Gasteiger partial charge in [0.15, 0.2) is 0 Å². The Morgan fingerprint density at radius 3 is 2.76 bits per heavy atom. The zero-order valence-corrected chi connectivity index (χ0v) is 14.3. The summed E-state index contributed by atoms with van der Waals surface area (Å²) in [5.74, 6) is 0.807. The van der Waals surface area contributed by atoms with Crippen LogP contribution in [0.3, 0.4) is 0 Å². The van der Waals surface area contributed by atoms with Crippen LogP contribution >= 0.6 is 22.6 Å². The summed E-state index contributed by atoms with van der Waals surface area (Å²) in [6, 6.07) is 4.54. The van der Waals surface area contributed by atoms with E-state index in [9.17, 15) is 14.9 Å². The molecule has 1 saturated carbocycles. The number of benzene rings is 1. The second-order valence-corrected chi connectivity index (χ2v) is 6.93. The molecule has 3 atom stereocenters. The van der Waals surface area contributed by atoms with E-state index < -0.39 is 4.92 Å². The van der Waals surface area contributed by atoms with Gasteiger partial charge in [0.1, 0.15) is 0 Å². The number of hydrogen-bond acceptors (Lipinski definition) is 3. The highest BCUT2D eigenvalue weighted by molar-refractivity contribution is 14.1. The summed E-state index contributed by atoms with van der Waals surface area (Å²) in [6.45, 7) is 4.37. The maximum absolute atomic E-state index is 12.4. The first-order chi connectivity index (χ1) is 9.90. The molecule has 1 N–H and O–H groups in total. The zero-order chi connectivity index (χ0) is 15.6. The lowest BCUT2D eigenvalue weighted by atomic mass is 9.78. The van der Waals surface area contributed by atoms with E-state index in [-0.39, 0.29) is 17.6 Å². The Morgan fingerprint density at radius 1 is 1.38 bits per heavy atom. The summed E-state index contributed by atoms with van der Waals surface area (Å²) in [7, 11) is 0. The van der Waals surface area contributed by atoms with E-state index >= 15 is 0 Å². The first-order valence-corrected chi connectivity index (χ1v) is 8.23. The lowest BCUT2D eigenvalue weighted by molar-refractivity contribution is -0.384. The summed E-state index contributed by atoms with van der Waals surface area (Å²) < 4.78 is 0.729. The Bertz CT molecular complexity index is 562. The van der Waals surface area contributed by atoms with Crippen LogP contribution in [0, 0.1) is 25.5 Å². The number of rotatable bonds is 3. The molecule has 6 heteroatoms. The predicted octanol–water partition coefficient (Wildman–Crippen LogP) is 3.75. The van der Waals surface area contributed by atoms with E-state index in [0.717, 1.165) is 16.4 Å². The van der Waals surface area contributed by atoms with Gasteiger partial charge in [0.25, 0.3) is 11.6 Å². The van der Waals surface area contributed by atoms with E-state index in [0.29, 0.717) is 17.4 Å². The van der Waals surface area contributed by atoms with Crippen LogP contribution in [0.4, 0.5) is 5.69 Å². The number of halogens is 1. The molecule has 2 rings (SSSR count). The van der Waals surface area contributed by atoms with Crippen molar-refractivity contribution in [2.45, 2.75) is 39.2 Å². The van der Waals surface area contributed by atoms with Crippen molar-refractivity contribution in [3.63, 3.8) is 0 Å². The van der Waals surface area contributed by atoms with Crippen molar-refractivity contribution in [1.29, 1.82) is 0 Å². The molecule has 5 nitrogen and oxygen atoms in total. The van der Waals surface area contributed by atoms with E-state index in [4.69, 9.17) is 0 Å². The smallest absolute Gasteiger partial charge is 0.270 e. The number of carbonyl (C=O) groups is 1. The van der Waals surface area contributed by atoms with Crippen LogP contribution < -0.4 is 5.32 Å². The largest absolute Gasteiger partial charge is 0.349 e. The molecule has 0 bridgehead atoms. The molecule has 21 heavy (non-hydrogen) atoms. The fourth-order valence-corrected chi connectivity index (χ4v) is 3.41. The number of nitrogens with zero attached hydrogens (tertiary/aromatic N) is 1. The monoisotopic (exact) mass is 402 g/mol. The third-order valence-electron chi connectivity index (χ3n) is 4.43. The third kappa shape index (κ3) is 3.72. The highest BCUT2D eigenvalue weighted by Gasteiger charge is 2.29. The fourth-order valence-electron chi connectivity index (χ4n) is 2.83. The summed E-state index contributed by atoms with van der Waals surface area (Å²) in [5.41, 5.74) is 0.334. The molecule has 1 fully saturated rings. The van der Waals surface area contributed by atoms with Crippen LogP contribution in [-0.4, -0.2) is 16.9 Å². The van der Waals surface area contributed by atoms with E-state index in [2.05, 4.69) is 19.2 Å². The minimum Gasteiger partial charge on any atom is -0.349 e. The molecule has 0 aliphatic heterocycles. The minimum atomic E-state index is -0.474. The Hall–Kier alpha value is -1.18. The lowest BCUT2D eigenvalue weighted by Crippen LogP contribution is -2.43. The Balaban J connectivity index is 2.16. The number of nitro groups is 1. The SMILES string of the molecule is CC1CCCC(NC(=O)c2cc([N+](=O)[O-])ccc2I)C1C. The van der Waals surface area contributed by atoms with Crippen LogP contribution in [0.15, 0.2) is 18.2 Å². The molecule has 1 aliphatic rings. The molecule has 0 saturated heterocycles. The Morgan fingerprint density at radius 2 is 2.10 bits per heavy atom. The topological polar surface area (TPSA) is 72.2 Å². The minimum absolute atomic E-state index is 0.0503. The van der Waals surface area contributed by atoms with Gasteiger partial charge >= 0.3 is 0 Å². The van der Waals surface area contributed by atoms with Crippen molar-refractivity contribution >= 4 is 34.2 Å². The van der Waals surface area contributed by atoms with Gasteiger partial charge in [-0.05, 0) is 46.9 Å². The molecule has 1 aromatic rings. The second-order valence-electron chi connectivity index (χ2n) is 5.77. The molecule has 0 spiro atoms. The fraction of sp³-hybridized carbons (Fsp3) is 0.533. The van der Waals surface area contributed by atoms with Crippen LogP contribution in [-0.2, 0) is 0 Å². The molecule has 0 heterocycles. The first-order valence-electron chi connectivity index (χ1n) is 7.15. The third-order valence-corrected chi connectivity index (χ3v) is 5.37. The van der Waals surface area contributed by atoms with Gasteiger partial charge < -0.3 is 5.32 Å². The van der Waals surface area contributed by atoms with Crippen molar-refractivity contribution in [2.24, 2.45) is 11.8 Å². The summed E-state index contributed by atoms with van der Waals surface area (Å²) in [6.07, 6.45) is 3.28. The number of hydrogen-bond donors (Lipinski definition) is 1. The van der Waals surface area contributed by atoms with Gasteiger partial charge in [-0.15, -0.1) is 0 Å². The van der Waals surface area contributed by atoms with Crippen molar-refractivity contribution < 1.29 is 9.72 Å². The van der Waals surface area contributed by atoms with Gasteiger partial charge in [0.05, 0.1) is 10.5 Å². The molecule has 3 unspecified atom stereocenters. The average molecular weight is 402 g/mol. The number of amides is 1. The maximum Gasteiger partial charge on any atom is 0.270 e. The van der Waals surface area contributed by atoms with Crippen LogP contribution in [0.5, 0.6) is 0 Å². The first kappa shape index (κ1) is 16.2. The van der Waals surface area contributed by atoms with Crippen LogP contribution in [0.2, 0.25) is 0 Å². The average Bonchev–Trinajstić information content (AvgIpc) is 2.44. The summed E-state index contributed by atoms with van der Waals surface area (Å²) in [4.78, 5) is 22.8. The van der Waals surface area contributed by atoms with Gasteiger partial charge in [0.2, 0.25) is 0 Å². The van der Waals surface area contributed by atoms with E-state index in [1.807, 2.05) is 22.6 Å². The van der Waals surface area contributed by atoms with Gasteiger partial charge in [-0.2, -0.15) is 0 Å². The molecule has 114 valence electrons. The number of nitro benzene ring substituents is 1. The van der Waals surface area contributed by atoms with Gasteiger partial charge in [-0.1, -0.05) is 26.7 Å². The second kappa shape index (κ2) is 6.72. The molecule has 1 amide bonds. The van der Waals surface area contributed by atoms with Gasteiger partial charge in [-0.3, -0.25) is 14.9 Å². The zero-order valence-electron chi connectivity index (χ0n) is 12.1. The van der Waals surface area contributed by atoms with Crippen molar-refractivity contribution in [1.82, 2.24) is 5.32 Å². The highest BCUT2D eigenvalue weighted by Crippen LogP contribution is 2.30. The molecule has 1 aromatic carbocycles. The standard InChI is InChI=1S/C15H19IN2O3/c1-9-4-3-5-14(10(9)2)17-15(19)12-8-11(18(20)21)6-7-13(12)16/h6-10,14H,3-5H2,1-2H3,(H,17,19). The van der Waals surface area contributed by atoms with Gasteiger partial charge in [0, 0.05) is 21.7 Å². The predicted molar refractivity (Wildman–Crippen MR) is 89.2 cm³/mol. The molecular formula is C15H19IN2O3. The van der Waals surface area contributed by atoms with Gasteiger partial charge in [-0.25, -0.2) is 0 Å². The van der Waals surface area contributed by atoms with E-state index in [1.54, 1.807) is 6.07 Å². The van der Waals surface area contributed by atoms with E-state index in [1.165, 1.54) is 18.6 Å². The molecular weight excluding hydrogens is 383 g/mol. The quantitative estimate of drug-likeness (QED) is 0.476. The van der Waals surface area contributed by atoms with Crippen molar-refractivity contribution in [3.8, 4) is 0 Å². The van der Waals surface area contributed by atoms with Crippen LogP contribution in [0.25, 0.3) is 0 Å². The molecule has 1 aliphatic carbocycles. The summed E-state index contributed by atoms with van der Waals surface area (Å²) >= 11 is 2.04. The van der Waals surface area contributed by atoms with Crippen molar-refractivity contribution in [2.75, 3.05) is 0 Å². The Labute approximate surface area is 137 Å². The van der Waals surface area contributed by atoms with Crippen LogP contribution in [0.1, 0.15) is 43.5 Å². The number of non-ortho nitro benzene ring substituents is 1. The molecule has 0 aromatic heterocycles. The maximum atomic E-state index is 12.4. The lowest BCUT2D eigenvalue weighted by Gasteiger charge is -2.34.